The van der Waals surface area contributed by atoms with E-state index < -0.39 is 0 Å². The molecule has 0 radical (unpaired) electrons. The highest BCUT2D eigenvalue weighted by Gasteiger charge is 2.25. The van der Waals surface area contributed by atoms with Crippen LogP contribution in [0.3, 0.4) is 0 Å². The second kappa shape index (κ2) is 8.91. The van der Waals surface area contributed by atoms with E-state index in [1.807, 2.05) is 24.3 Å². The largest absolute Gasteiger partial charge is 0.404 e. The first-order valence-corrected chi connectivity index (χ1v) is 10.2. The predicted molar refractivity (Wildman–Crippen MR) is 118 cm³/mol. The van der Waals surface area contributed by atoms with Crippen LogP contribution in [0.25, 0.3) is 16.6 Å². The molecule has 1 amide bonds. The van der Waals surface area contributed by atoms with Crippen LogP contribution < -0.4 is 5.73 Å². The van der Waals surface area contributed by atoms with Crippen molar-refractivity contribution in [3.05, 3.63) is 83.0 Å². The van der Waals surface area contributed by atoms with Gasteiger partial charge in [-0.25, -0.2) is 9.97 Å². The molecule has 152 valence electrons. The molecule has 5 rings (SSSR count). The summed E-state index contributed by atoms with van der Waals surface area (Å²) in [5, 5.41) is 0. The molecule has 0 saturated carbocycles. The Hall–Kier alpha value is -3.46. The fourth-order valence-corrected chi connectivity index (χ4v) is 3.59. The normalized spacial score (nSPS) is 13.5. The summed E-state index contributed by atoms with van der Waals surface area (Å²) in [7, 11) is 0. The Balaban J connectivity index is 0.000000200. The number of imidazole rings is 2. The number of fused-ring (bicyclic) bond motifs is 2. The lowest BCUT2D eigenvalue weighted by molar-refractivity contribution is -0.126. The lowest BCUT2D eigenvalue weighted by Crippen LogP contribution is -2.36. The molecule has 3 aromatic heterocycles. The molecule has 0 atom stereocenters. The van der Waals surface area contributed by atoms with Crippen LogP contribution in [0.4, 0.5) is 0 Å². The molecule has 0 unspecified atom stereocenters. The number of carbonyl (C=O) groups is 1. The molecule has 0 spiro atoms. The van der Waals surface area contributed by atoms with Gasteiger partial charge in [-0.2, -0.15) is 0 Å². The highest BCUT2D eigenvalue weighted by Crippen LogP contribution is 2.22. The maximum absolute atomic E-state index is 12.7. The van der Waals surface area contributed by atoms with Crippen LogP contribution in [0.2, 0.25) is 0 Å². The Kier molecular flexibility index (Phi) is 5.89. The minimum absolute atomic E-state index is 0.122. The van der Waals surface area contributed by atoms with Gasteiger partial charge in [-0.15, -0.1) is 0 Å². The zero-order chi connectivity index (χ0) is 20.9. The highest BCUT2D eigenvalue weighted by molar-refractivity contribution is 9.10. The maximum Gasteiger partial charge on any atom is 0.257 e. The van der Waals surface area contributed by atoms with Gasteiger partial charge in [0.15, 0.2) is 0 Å². The molecule has 4 N–H and O–H groups in total. The molecule has 4 aromatic rings. The molecule has 30 heavy (non-hydrogen) atoms. The van der Waals surface area contributed by atoms with Crippen molar-refractivity contribution in [2.24, 2.45) is 5.73 Å². The summed E-state index contributed by atoms with van der Waals surface area (Å²) < 4.78 is 0.856. The van der Waals surface area contributed by atoms with Crippen LogP contribution in [-0.4, -0.2) is 42.3 Å². The number of para-hydroxylation sites is 2. The first-order valence-electron chi connectivity index (χ1n) is 9.38. The van der Waals surface area contributed by atoms with Crippen LogP contribution in [-0.2, 0) is 17.8 Å². The number of nitrogens with zero attached hydrogens (tertiary/aromatic N) is 4. The van der Waals surface area contributed by atoms with Gasteiger partial charge in [0, 0.05) is 29.8 Å². The number of hydrogen-bond donors (Lipinski definition) is 3. The van der Waals surface area contributed by atoms with Gasteiger partial charge in [-0.05, 0) is 24.3 Å². The van der Waals surface area contributed by atoms with Gasteiger partial charge >= 0.3 is 0 Å². The van der Waals surface area contributed by atoms with E-state index in [2.05, 4.69) is 40.8 Å². The summed E-state index contributed by atoms with van der Waals surface area (Å²) >= 11 is 3.37. The van der Waals surface area contributed by atoms with Crippen LogP contribution >= 0.6 is 15.9 Å². The first kappa shape index (κ1) is 19.8. The Morgan fingerprint density at radius 2 is 1.97 bits per heavy atom. The smallest absolute Gasteiger partial charge is 0.257 e. The summed E-state index contributed by atoms with van der Waals surface area (Å²) in [5.74, 6) is -0.122. The van der Waals surface area contributed by atoms with Crippen molar-refractivity contribution in [2.45, 2.75) is 13.0 Å². The minimum Gasteiger partial charge on any atom is -0.404 e. The minimum atomic E-state index is -0.122. The van der Waals surface area contributed by atoms with Crippen molar-refractivity contribution in [2.75, 3.05) is 6.54 Å². The molecule has 0 bridgehead atoms. The molecule has 0 aliphatic carbocycles. The zero-order valence-electron chi connectivity index (χ0n) is 16.0. The van der Waals surface area contributed by atoms with E-state index in [1.165, 1.54) is 6.20 Å². The van der Waals surface area contributed by atoms with Gasteiger partial charge in [-0.3, -0.25) is 9.78 Å². The third-order valence-electron chi connectivity index (χ3n) is 4.78. The molecule has 1 aromatic carbocycles. The van der Waals surface area contributed by atoms with Crippen LogP contribution in [0.15, 0.2) is 65.9 Å². The number of aromatic nitrogens is 5. The van der Waals surface area contributed by atoms with Crippen molar-refractivity contribution in [3.8, 4) is 0 Å². The Morgan fingerprint density at radius 1 is 1.13 bits per heavy atom. The zero-order valence-corrected chi connectivity index (χ0v) is 17.6. The van der Waals surface area contributed by atoms with E-state index in [0.29, 0.717) is 24.4 Å². The van der Waals surface area contributed by atoms with Crippen molar-refractivity contribution >= 4 is 38.4 Å². The standard InChI is InChI=1S/C14H14BrN5O.C7H6N2/c15-9-1-3-17-12(5-9)10(6-16)14(21)20-4-2-11-13(7-20)19-8-18-11;1-2-4-7-6(3-1)8-5-9-7/h1,3,5-6,8H,2,4,7,16H2,(H,18,19);1-5H,(H,8,9)/b10-6+;. The van der Waals surface area contributed by atoms with Crippen molar-refractivity contribution in [1.82, 2.24) is 29.8 Å². The quantitative estimate of drug-likeness (QED) is 0.393. The van der Waals surface area contributed by atoms with Gasteiger partial charge in [0.2, 0.25) is 0 Å². The van der Waals surface area contributed by atoms with Gasteiger partial charge in [0.05, 0.1) is 52.9 Å². The number of aromatic amines is 2. The molecule has 4 heterocycles. The van der Waals surface area contributed by atoms with Gasteiger partial charge < -0.3 is 20.6 Å². The fourth-order valence-electron chi connectivity index (χ4n) is 3.25. The lowest BCUT2D eigenvalue weighted by atomic mass is 10.1. The number of benzene rings is 1. The summed E-state index contributed by atoms with van der Waals surface area (Å²) in [4.78, 5) is 33.0. The molecule has 1 aliphatic rings. The second-order valence-electron chi connectivity index (χ2n) is 6.66. The number of rotatable bonds is 2. The maximum atomic E-state index is 12.7. The summed E-state index contributed by atoms with van der Waals surface area (Å²) in [6, 6.07) is 11.5. The number of nitrogens with one attached hydrogen (secondary N) is 2. The van der Waals surface area contributed by atoms with Crippen LogP contribution in [0.1, 0.15) is 17.1 Å². The lowest BCUT2D eigenvalue weighted by Gasteiger charge is -2.27. The average molecular weight is 466 g/mol. The number of halogens is 1. The Bertz CT molecular complexity index is 1170. The van der Waals surface area contributed by atoms with E-state index >= 15 is 0 Å². The molecule has 0 saturated heterocycles. The monoisotopic (exact) mass is 465 g/mol. The van der Waals surface area contributed by atoms with E-state index in [-0.39, 0.29) is 5.91 Å². The predicted octanol–water partition coefficient (Wildman–Crippen LogP) is 3.01. The van der Waals surface area contributed by atoms with Crippen molar-refractivity contribution in [1.29, 1.82) is 0 Å². The van der Waals surface area contributed by atoms with Gasteiger partial charge in [-0.1, -0.05) is 28.1 Å². The third kappa shape index (κ3) is 4.25. The first-order chi connectivity index (χ1) is 14.7. The highest BCUT2D eigenvalue weighted by atomic mass is 79.9. The summed E-state index contributed by atoms with van der Waals surface area (Å²) in [6.45, 7) is 1.14. The average Bonchev–Trinajstić information content (AvgIpc) is 3.43. The van der Waals surface area contributed by atoms with E-state index in [9.17, 15) is 4.79 Å². The number of H-pyrrole nitrogens is 2. The molecular formula is C21H20BrN7O. The van der Waals surface area contributed by atoms with Gasteiger partial charge in [0.1, 0.15) is 0 Å². The number of nitrogens with two attached hydrogens (primary N) is 1. The van der Waals surface area contributed by atoms with E-state index in [1.54, 1.807) is 35.9 Å². The number of pyridine rings is 1. The summed E-state index contributed by atoms with van der Waals surface area (Å²) in [6.07, 6.45) is 7.06. The summed E-state index contributed by atoms with van der Waals surface area (Å²) in [5.41, 5.74) is 10.7. The molecule has 9 heteroatoms. The third-order valence-corrected chi connectivity index (χ3v) is 5.28. The molecular weight excluding hydrogens is 446 g/mol. The van der Waals surface area contributed by atoms with Crippen LogP contribution in [0.5, 0.6) is 0 Å². The Morgan fingerprint density at radius 3 is 2.77 bits per heavy atom. The molecule has 8 nitrogen and oxygen atoms in total. The Labute approximate surface area is 181 Å². The van der Waals surface area contributed by atoms with Gasteiger partial charge in [0.25, 0.3) is 5.91 Å². The van der Waals surface area contributed by atoms with E-state index in [0.717, 1.165) is 33.3 Å². The molecule has 1 aliphatic heterocycles. The number of carbonyl (C=O) groups excluding carboxylic acids is 1. The topological polar surface area (TPSA) is 117 Å². The number of hydrogen-bond acceptors (Lipinski definition) is 5. The number of amides is 1. The second-order valence-corrected chi connectivity index (χ2v) is 7.58. The van der Waals surface area contributed by atoms with Crippen LogP contribution in [0, 0.1) is 0 Å². The van der Waals surface area contributed by atoms with E-state index in [4.69, 9.17) is 5.73 Å². The fraction of sp³-hybridized carbons (Fsp3) is 0.143. The molecule has 0 fully saturated rings. The SMILES string of the molecule is N/C=C(/C(=O)N1CCc2nc[nH]c2C1)c1cc(Br)ccn1.c1ccc2[nH]cnc2c1. The van der Waals surface area contributed by atoms with Crippen molar-refractivity contribution < 1.29 is 4.79 Å². The van der Waals surface area contributed by atoms with Crippen molar-refractivity contribution in [3.63, 3.8) is 0 Å².